The Balaban J connectivity index is 1.79. The van der Waals surface area contributed by atoms with E-state index < -0.39 is 5.97 Å². The molecule has 0 unspecified atom stereocenters. The minimum atomic E-state index is -1.25. The normalized spacial score (nSPS) is 17.3. The van der Waals surface area contributed by atoms with E-state index in [2.05, 4.69) is 10.3 Å². The number of carboxylic acids is 1. The van der Waals surface area contributed by atoms with E-state index in [1.165, 1.54) is 36.4 Å². The molecule has 1 saturated heterocycles. The molecule has 7 heteroatoms. The zero-order valence-corrected chi connectivity index (χ0v) is 13.0. The molecular formula is C17H10FN2O3S-. The summed E-state index contributed by atoms with van der Waals surface area (Å²) in [5, 5.41) is 13.7. The maximum absolute atomic E-state index is 12.9. The average molecular weight is 341 g/mol. The van der Waals surface area contributed by atoms with Crippen molar-refractivity contribution >= 4 is 40.6 Å². The zero-order chi connectivity index (χ0) is 17.1. The quantitative estimate of drug-likeness (QED) is 0.867. The molecule has 1 N–H and O–H groups in total. The number of amidine groups is 1. The molecule has 1 aliphatic rings. The number of carbonyl (C=O) groups excluding carboxylic acids is 2. The number of halogens is 1. The molecule has 0 spiro atoms. The number of nitrogens with one attached hydrogen (secondary N) is 1. The molecule has 2 aromatic rings. The maximum atomic E-state index is 12.9. The van der Waals surface area contributed by atoms with Crippen LogP contribution < -0.4 is 10.4 Å². The third-order valence-electron chi connectivity index (χ3n) is 3.15. The van der Waals surface area contributed by atoms with E-state index in [9.17, 15) is 19.1 Å². The van der Waals surface area contributed by atoms with Gasteiger partial charge in [-0.15, -0.1) is 0 Å². The number of carboxylic acid groups (broad SMARTS) is 1. The van der Waals surface area contributed by atoms with Gasteiger partial charge in [0.2, 0.25) is 0 Å². The summed E-state index contributed by atoms with van der Waals surface area (Å²) in [5.74, 6) is -1.91. The molecule has 24 heavy (non-hydrogen) atoms. The second-order valence-corrected chi connectivity index (χ2v) is 5.90. The number of aliphatic imine (C=N–C) groups is 1. The van der Waals surface area contributed by atoms with Gasteiger partial charge in [-0.3, -0.25) is 4.79 Å². The van der Waals surface area contributed by atoms with E-state index in [1.807, 2.05) is 0 Å². The Hall–Kier alpha value is -2.93. The van der Waals surface area contributed by atoms with E-state index in [0.29, 0.717) is 21.3 Å². The third kappa shape index (κ3) is 3.69. The molecule has 0 atom stereocenters. The fraction of sp³-hybridized carbons (Fsp3) is 0. The van der Waals surface area contributed by atoms with E-state index in [4.69, 9.17) is 0 Å². The van der Waals surface area contributed by atoms with Crippen molar-refractivity contribution in [3.63, 3.8) is 0 Å². The van der Waals surface area contributed by atoms with Crippen molar-refractivity contribution in [1.82, 2.24) is 5.32 Å². The first-order valence-electron chi connectivity index (χ1n) is 6.88. The SMILES string of the molecule is O=C1NC(=Nc2ccc(F)cc2)S/C1=C/c1ccc(C(=O)[O-])cc1. The lowest BCUT2D eigenvalue weighted by Crippen LogP contribution is -2.21. The molecule has 1 amide bonds. The molecule has 0 aliphatic carbocycles. The van der Waals surface area contributed by atoms with Crippen LogP contribution in [0.1, 0.15) is 15.9 Å². The van der Waals surface area contributed by atoms with Gasteiger partial charge in [0.15, 0.2) is 5.17 Å². The van der Waals surface area contributed by atoms with Crippen molar-refractivity contribution in [2.24, 2.45) is 4.99 Å². The largest absolute Gasteiger partial charge is 0.545 e. The van der Waals surface area contributed by atoms with Crippen LogP contribution in [0.25, 0.3) is 6.08 Å². The van der Waals surface area contributed by atoms with Gasteiger partial charge in [-0.2, -0.15) is 0 Å². The summed E-state index contributed by atoms with van der Waals surface area (Å²) in [6, 6.07) is 11.6. The van der Waals surface area contributed by atoms with Crippen molar-refractivity contribution in [3.8, 4) is 0 Å². The molecular weight excluding hydrogens is 331 g/mol. The van der Waals surface area contributed by atoms with Crippen LogP contribution >= 0.6 is 11.8 Å². The summed E-state index contributed by atoms with van der Waals surface area (Å²) in [6.45, 7) is 0. The van der Waals surface area contributed by atoms with Gasteiger partial charge in [0.05, 0.1) is 16.6 Å². The van der Waals surface area contributed by atoms with Gasteiger partial charge in [0.25, 0.3) is 5.91 Å². The van der Waals surface area contributed by atoms with Crippen molar-refractivity contribution in [1.29, 1.82) is 0 Å². The molecule has 120 valence electrons. The number of carbonyl (C=O) groups is 2. The lowest BCUT2D eigenvalue weighted by Gasteiger charge is -2.02. The Morgan fingerprint density at radius 3 is 2.42 bits per heavy atom. The molecule has 1 heterocycles. The minimum absolute atomic E-state index is 0.0687. The van der Waals surface area contributed by atoms with Gasteiger partial charge < -0.3 is 15.2 Å². The molecule has 3 rings (SSSR count). The highest BCUT2D eigenvalue weighted by molar-refractivity contribution is 8.18. The number of rotatable bonds is 3. The number of nitrogens with zero attached hydrogens (tertiary/aromatic N) is 1. The predicted octanol–water partition coefficient (Wildman–Crippen LogP) is 2.08. The van der Waals surface area contributed by atoms with E-state index in [0.717, 1.165) is 11.8 Å². The number of benzene rings is 2. The van der Waals surface area contributed by atoms with Crippen LogP contribution in [0.3, 0.4) is 0 Å². The second kappa shape index (κ2) is 6.67. The van der Waals surface area contributed by atoms with Crippen LogP contribution in [0.5, 0.6) is 0 Å². The molecule has 0 saturated carbocycles. The zero-order valence-electron chi connectivity index (χ0n) is 12.2. The van der Waals surface area contributed by atoms with Gasteiger partial charge in [-0.25, -0.2) is 9.38 Å². The predicted molar refractivity (Wildman–Crippen MR) is 88.0 cm³/mol. The van der Waals surface area contributed by atoms with E-state index >= 15 is 0 Å². The van der Waals surface area contributed by atoms with E-state index in [1.54, 1.807) is 18.2 Å². The monoisotopic (exact) mass is 341 g/mol. The first kappa shape index (κ1) is 15.9. The van der Waals surface area contributed by atoms with E-state index in [-0.39, 0.29) is 17.3 Å². The average Bonchev–Trinajstić information content (AvgIpc) is 2.89. The van der Waals surface area contributed by atoms with Crippen molar-refractivity contribution in [2.75, 3.05) is 0 Å². The number of aromatic carboxylic acids is 1. The number of amides is 1. The van der Waals surface area contributed by atoms with Crippen molar-refractivity contribution in [2.45, 2.75) is 0 Å². The van der Waals surface area contributed by atoms with Crippen molar-refractivity contribution < 1.29 is 19.1 Å². The Labute approximate surface area is 140 Å². The second-order valence-electron chi connectivity index (χ2n) is 4.87. The van der Waals surface area contributed by atoms with Crippen LogP contribution in [0.4, 0.5) is 10.1 Å². The van der Waals surface area contributed by atoms with Crippen LogP contribution in [-0.2, 0) is 4.79 Å². The highest BCUT2D eigenvalue weighted by Crippen LogP contribution is 2.28. The highest BCUT2D eigenvalue weighted by atomic mass is 32.2. The molecule has 1 fully saturated rings. The van der Waals surface area contributed by atoms with Crippen molar-refractivity contribution in [3.05, 3.63) is 70.4 Å². The van der Waals surface area contributed by atoms with Gasteiger partial charge >= 0.3 is 0 Å². The van der Waals surface area contributed by atoms with Gasteiger partial charge in [0.1, 0.15) is 5.82 Å². The summed E-state index contributed by atoms with van der Waals surface area (Å²) < 4.78 is 12.9. The Kier molecular flexibility index (Phi) is 4.43. The number of hydrogen-bond acceptors (Lipinski definition) is 5. The molecule has 0 radical (unpaired) electrons. The highest BCUT2D eigenvalue weighted by Gasteiger charge is 2.23. The van der Waals surface area contributed by atoms with Crippen LogP contribution in [0.2, 0.25) is 0 Å². The van der Waals surface area contributed by atoms with Gasteiger partial charge in [0, 0.05) is 0 Å². The number of hydrogen-bond donors (Lipinski definition) is 1. The lowest BCUT2D eigenvalue weighted by atomic mass is 10.1. The Morgan fingerprint density at radius 2 is 1.79 bits per heavy atom. The minimum Gasteiger partial charge on any atom is -0.545 e. The van der Waals surface area contributed by atoms with Crippen LogP contribution in [0.15, 0.2) is 58.4 Å². The smallest absolute Gasteiger partial charge is 0.264 e. The summed E-state index contributed by atoms with van der Waals surface area (Å²) in [7, 11) is 0. The molecule has 2 aromatic carbocycles. The Morgan fingerprint density at radius 1 is 1.12 bits per heavy atom. The summed E-state index contributed by atoms with van der Waals surface area (Å²) in [4.78, 5) is 27.3. The standard InChI is InChI=1S/C17H11FN2O3S/c18-12-5-7-13(8-6-12)19-17-20-15(21)14(24-17)9-10-1-3-11(4-2-10)16(22)23/h1-9H,(H,22,23)(H,19,20,21)/p-1/b14-9+. The first-order valence-corrected chi connectivity index (χ1v) is 7.69. The maximum Gasteiger partial charge on any atom is 0.264 e. The number of thioether (sulfide) groups is 1. The van der Waals surface area contributed by atoms with Crippen LogP contribution in [-0.4, -0.2) is 17.0 Å². The topological polar surface area (TPSA) is 81.6 Å². The van der Waals surface area contributed by atoms with Crippen LogP contribution in [0, 0.1) is 5.82 Å². The molecule has 0 aromatic heterocycles. The first-order chi connectivity index (χ1) is 11.5. The van der Waals surface area contributed by atoms with Gasteiger partial charge in [-0.05, 0) is 53.2 Å². The molecule has 1 aliphatic heterocycles. The fourth-order valence-corrected chi connectivity index (χ4v) is 2.82. The Bertz CT molecular complexity index is 858. The lowest BCUT2D eigenvalue weighted by molar-refractivity contribution is -0.255. The molecule has 0 bridgehead atoms. The third-order valence-corrected chi connectivity index (χ3v) is 4.06. The summed E-state index contributed by atoms with van der Waals surface area (Å²) in [6.07, 6.45) is 1.63. The fourth-order valence-electron chi connectivity index (χ4n) is 1.98. The summed E-state index contributed by atoms with van der Waals surface area (Å²) in [5.41, 5.74) is 1.28. The van der Waals surface area contributed by atoms with Gasteiger partial charge in [-0.1, -0.05) is 24.3 Å². The summed E-state index contributed by atoms with van der Waals surface area (Å²) >= 11 is 1.15. The molecule has 5 nitrogen and oxygen atoms in total.